The molecule has 6 rings (SSSR count). The molecule has 3 aromatic rings. The molecule has 2 amide bonds. The zero-order valence-corrected chi connectivity index (χ0v) is 29.0. The number of fused-ring (bicyclic) bond motifs is 3. The van der Waals surface area contributed by atoms with Gasteiger partial charge in [0.2, 0.25) is 14.3 Å². The second-order valence-electron chi connectivity index (χ2n) is 13.6. The number of nitrogens with zero attached hydrogens (tertiary/aromatic N) is 5. The number of hydrogen-bond donors (Lipinski definition) is 1. The minimum atomic E-state index is -3.40. The lowest BCUT2D eigenvalue weighted by Gasteiger charge is -2.32. The Morgan fingerprint density at radius 2 is 1.92 bits per heavy atom. The van der Waals surface area contributed by atoms with E-state index in [9.17, 15) is 19.5 Å². The van der Waals surface area contributed by atoms with Gasteiger partial charge in [-0.2, -0.15) is 0 Å². The molecule has 1 saturated heterocycles. The topological polar surface area (TPSA) is 127 Å². The highest BCUT2D eigenvalue weighted by Crippen LogP contribution is 2.60. The van der Waals surface area contributed by atoms with Crippen molar-refractivity contribution in [2.75, 3.05) is 30.1 Å². The molecule has 0 radical (unpaired) electrons. The summed E-state index contributed by atoms with van der Waals surface area (Å²) < 4.78 is 29.8. The minimum absolute atomic E-state index is 0.0338. The summed E-state index contributed by atoms with van der Waals surface area (Å²) in [5.74, 6) is -1.09. The molecule has 0 aliphatic carbocycles. The monoisotopic (exact) mass is 677 g/mol. The van der Waals surface area contributed by atoms with Crippen LogP contribution in [0.2, 0.25) is 18.6 Å². The summed E-state index contributed by atoms with van der Waals surface area (Å²) in [4.78, 5) is 43.4. The molecule has 256 valence electrons. The van der Waals surface area contributed by atoms with Crippen LogP contribution in [0.4, 0.5) is 21.2 Å². The van der Waals surface area contributed by atoms with Crippen LogP contribution in [-0.2, 0) is 48.8 Å². The fourth-order valence-electron chi connectivity index (χ4n) is 7.96. The Bertz CT molecular complexity index is 1690. The number of aliphatic hydroxyl groups excluding tert-OH is 1. The lowest BCUT2D eigenvalue weighted by atomic mass is 9.82. The van der Waals surface area contributed by atoms with E-state index in [4.69, 9.17) is 9.47 Å². The van der Waals surface area contributed by atoms with Crippen molar-refractivity contribution in [1.29, 1.82) is 0 Å². The van der Waals surface area contributed by atoms with E-state index in [0.717, 1.165) is 11.3 Å². The van der Waals surface area contributed by atoms with Gasteiger partial charge >= 0.3 is 5.97 Å². The molecule has 11 nitrogen and oxygen atoms in total. The quantitative estimate of drug-likeness (QED) is 0.123. The van der Waals surface area contributed by atoms with Crippen LogP contribution in [0.25, 0.3) is 0 Å². The maximum absolute atomic E-state index is 16.4. The smallest absolute Gasteiger partial charge is 0.305 e. The summed E-state index contributed by atoms with van der Waals surface area (Å²) in [6.07, 6.45) is 4.36. The van der Waals surface area contributed by atoms with Crippen molar-refractivity contribution in [3.05, 3.63) is 65.5 Å². The van der Waals surface area contributed by atoms with Gasteiger partial charge < -0.3 is 23.6 Å². The number of rotatable bonds is 12. The fraction of sp³-hybridized carbons (Fsp3) is 0.514. The normalized spacial score (nSPS) is 23.6. The summed E-state index contributed by atoms with van der Waals surface area (Å²) in [7, 11) is -2.05. The Labute approximate surface area is 281 Å². The van der Waals surface area contributed by atoms with Gasteiger partial charge in [0, 0.05) is 67.9 Å². The number of esters is 1. The molecule has 1 aromatic heterocycles. The summed E-state index contributed by atoms with van der Waals surface area (Å²) in [6.45, 7) is 5.98. The highest BCUT2D eigenvalue weighted by atomic mass is 28.4. The van der Waals surface area contributed by atoms with Gasteiger partial charge in [0.15, 0.2) is 5.60 Å². The number of benzene rings is 2. The predicted molar refractivity (Wildman–Crippen MR) is 180 cm³/mol. The number of amides is 2. The van der Waals surface area contributed by atoms with Crippen molar-refractivity contribution in [2.45, 2.75) is 88.8 Å². The Kier molecular flexibility index (Phi) is 9.56. The second kappa shape index (κ2) is 13.5. The Morgan fingerprint density at radius 3 is 2.67 bits per heavy atom. The van der Waals surface area contributed by atoms with Crippen molar-refractivity contribution in [3.8, 4) is 0 Å². The molecule has 2 aromatic carbocycles. The number of anilines is 3. The molecular formula is C35H44FN5O6Si. The molecule has 1 N–H and O–H groups in total. The summed E-state index contributed by atoms with van der Waals surface area (Å²) in [6, 6.07) is 13.5. The van der Waals surface area contributed by atoms with E-state index in [0.29, 0.717) is 74.2 Å². The van der Waals surface area contributed by atoms with E-state index in [2.05, 4.69) is 10.3 Å². The van der Waals surface area contributed by atoms with E-state index in [1.54, 1.807) is 33.8 Å². The van der Waals surface area contributed by atoms with Crippen LogP contribution < -0.4 is 9.80 Å². The van der Waals surface area contributed by atoms with Crippen LogP contribution >= 0.6 is 0 Å². The van der Waals surface area contributed by atoms with Crippen LogP contribution in [0, 0.1) is 5.92 Å². The zero-order chi connectivity index (χ0) is 34.2. The Balaban J connectivity index is 1.39. The lowest BCUT2D eigenvalue weighted by molar-refractivity contribution is -0.146. The van der Waals surface area contributed by atoms with Gasteiger partial charge in [-0.05, 0) is 68.6 Å². The van der Waals surface area contributed by atoms with Crippen LogP contribution in [0.3, 0.4) is 0 Å². The van der Waals surface area contributed by atoms with E-state index < -0.39 is 31.6 Å². The molecule has 0 saturated carbocycles. The number of ether oxygens (including phenoxy) is 2. The van der Waals surface area contributed by atoms with Gasteiger partial charge in [-0.3, -0.25) is 24.0 Å². The number of carbonyl (C=O) groups excluding carboxylic acids is 3. The van der Waals surface area contributed by atoms with E-state index >= 15 is 4.11 Å². The number of unbranched alkanes of at least 4 members (excludes halogenated alkanes) is 1. The Morgan fingerprint density at radius 1 is 1.12 bits per heavy atom. The highest BCUT2D eigenvalue weighted by Gasteiger charge is 2.66. The van der Waals surface area contributed by atoms with Crippen LogP contribution in [0.5, 0.6) is 0 Å². The number of aryl methyl sites for hydroxylation is 2. The largest absolute Gasteiger partial charge is 0.469 e. The molecule has 1 fully saturated rings. The number of aliphatic hydroxyl groups is 1. The van der Waals surface area contributed by atoms with Gasteiger partial charge in [-0.25, -0.2) is 0 Å². The van der Waals surface area contributed by atoms with E-state index in [1.165, 1.54) is 7.11 Å². The molecule has 3 aliphatic heterocycles. The summed E-state index contributed by atoms with van der Waals surface area (Å²) >= 11 is 0. The van der Waals surface area contributed by atoms with Crippen LogP contribution in [-0.4, -0.2) is 72.7 Å². The van der Waals surface area contributed by atoms with Crippen molar-refractivity contribution in [2.24, 2.45) is 5.92 Å². The second-order valence-corrected chi connectivity index (χ2v) is 17.4. The molecule has 3 aliphatic rings. The third-order valence-corrected chi connectivity index (χ3v) is 12.6. The molecule has 4 atom stereocenters. The number of aromatic nitrogens is 3. The van der Waals surface area contributed by atoms with Gasteiger partial charge in [0.1, 0.15) is 0 Å². The third-order valence-electron chi connectivity index (χ3n) is 10.1. The first-order valence-corrected chi connectivity index (χ1v) is 19.8. The number of carbonyl (C=O) groups is 3. The van der Waals surface area contributed by atoms with E-state index in [1.807, 2.05) is 49.4 Å². The summed E-state index contributed by atoms with van der Waals surface area (Å²) in [5, 5.41) is 17.6. The average Bonchev–Trinajstić information content (AvgIpc) is 3.71. The maximum atomic E-state index is 16.4. The molecule has 1 spiro atoms. The first kappa shape index (κ1) is 33.9. The number of para-hydroxylation sites is 1. The predicted octanol–water partition coefficient (Wildman–Crippen LogP) is 4.98. The third kappa shape index (κ3) is 6.07. The van der Waals surface area contributed by atoms with Gasteiger partial charge in [-0.15, -0.1) is 5.10 Å². The molecule has 13 heteroatoms. The first-order chi connectivity index (χ1) is 23.0. The maximum Gasteiger partial charge on any atom is 0.305 e. The van der Waals surface area contributed by atoms with Crippen LogP contribution in [0.15, 0.2) is 48.7 Å². The van der Waals surface area contributed by atoms with Gasteiger partial charge in [0.05, 0.1) is 30.3 Å². The molecule has 0 unspecified atom stereocenters. The van der Waals surface area contributed by atoms with Crippen molar-refractivity contribution < 1.29 is 33.1 Å². The minimum Gasteiger partial charge on any atom is -0.469 e. The Hall–Kier alpha value is -3.94. The number of hydrogen-bond acceptors (Lipinski definition) is 8. The SMILES string of the molecule is COC(=O)CCCCN1C(=O)[C@@]2(O[C@@H](CCn3cc(CCO)nn3)[C@H]([Si](C)(C)F)[C@H]2C)c2cc(N3C(=O)CCc4ccccc43)ccc21. The molecule has 0 bridgehead atoms. The summed E-state index contributed by atoms with van der Waals surface area (Å²) in [5.41, 5.74) is 2.53. The molecular weight excluding hydrogens is 633 g/mol. The zero-order valence-electron chi connectivity index (χ0n) is 28.0. The van der Waals surface area contributed by atoms with Gasteiger partial charge in [0.25, 0.3) is 5.91 Å². The fourth-order valence-corrected chi connectivity index (χ4v) is 10.5. The standard InChI is InChI=1S/C35H44FN5O6Si/c1-23-33(48(3,4)36)30(16-19-39-22-25(17-20-42)37-38-39)47-35(23)27-21-26(41-28-10-6-5-9-24(28)12-15-31(41)43)13-14-29(27)40(34(35)45)18-8-7-11-32(44)46-2/h5-6,9-10,13-14,21-23,30,33,42H,7-8,11-12,15-20H2,1-4H3/t23-,30+,33-,35+/m1/s1. The molecule has 48 heavy (non-hydrogen) atoms. The average molecular weight is 678 g/mol. The van der Waals surface area contributed by atoms with E-state index in [-0.39, 0.29) is 30.8 Å². The lowest BCUT2D eigenvalue weighted by Crippen LogP contribution is -2.45. The van der Waals surface area contributed by atoms with Crippen LogP contribution in [0.1, 0.15) is 55.8 Å². The highest BCUT2D eigenvalue weighted by molar-refractivity contribution is 6.72. The molecule has 4 heterocycles. The van der Waals surface area contributed by atoms with Gasteiger partial charge in [-0.1, -0.05) is 30.3 Å². The number of halogens is 1. The first-order valence-electron chi connectivity index (χ1n) is 16.8. The van der Waals surface area contributed by atoms with Crippen molar-refractivity contribution in [1.82, 2.24) is 15.0 Å². The number of methoxy groups -OCH3 is 1. The van der Waals surface area contributed by atoms with Crippen molar-refractivity contribution >= 4 is 43.3 Å². The van der Waals surface area contributed by atoms with Crippen molar-refractivity contribution in [3.63, 3.8) is 0 Å².